The molecule has 0 aliphatic carbocycles. The number of carbonyl (C=O) groups excluding carboxylic acids is 1. The van der Waals surface area contributed by atoms with E-state index in [-0.39, 0.29) is 17.8 Å². The molecule has 1 amide bonds. The molecule has 9 nitrogen and oxygen atoms in total. The van der Waals surface area contributed by atoms with E-state index in [0.717, 1.165) is 29.1 Å². The van der Waals surface area contributed by atoms with Crippen molar-refractivity contribution in [1.82, 2.24) is 25.1 Å². The Labute approximate surface area is 220 Å². The van der Waals surface area contributed by atoms with E-state index in [9.17, 15) is 4.79 Å². The molecule has 5 rings (SSSR count). The third-order valence-electron chi connectivity index (χ3n) is 6.41. The number of nitrogens with two attached hydrogens (primary N) is 1. The Morgan fingerprint density at radius 2 is 2.05 bits per heavy atom. The third-order valence-corrected chi connectivity index (χ3v) is 7.48. The summed E-state index contributed by atoms with van der Waals surface area (Å²) >= 11 is 1.61. The van der Waals surface area contributed by atoms with Crippen LogP contribution in [-0.4, -0.2) is 44.1 Å². The fourth-order valence-corrected chi connectivity index (χ4v) is 5.59. The number of carbonyl (C=O) groups is 1. The Morgan fingerprint density at radius 3 is 2.78 bits per heavy atom. The SMILES string of the molecule is CCNc1cc(C(=O)N2CCC[C@@H]2c2nc(C)cs2)cc(-c2nnc([C@](C)(N)Cc3ccccc3)o2)n1. The standard InChI is InChI=1S/C27H31N7O2S/c1-4-29-22-14-19(25(35)34-12-8-11-21(34)24-30-17(2)16-37-24)13-20(31-22)23-32-33-26(36-23)27(3,28)15-18-9-6-5-7-10-18/h5-7,9-10,13-14,16,21H,4,8,11-12,15,28H2,1-3H3,(H,29,31)/t21-,27-/m1/s1. The summed E-state index contributed by atoms with van der Waals surface area (Å²) in [6.45, 7) is 7.16. The van der Waals surface area contributed by atoms with E-state index in [4.69, 9.17) is 10.2 Å². The van der Waals surface area contributed by atoms with Crippen molar-refractivity contribution in [3.05, 3.63) is 75.6 Å². The molecule has 4 aromatic rings. The van der Waals surface area contributed by atoms with Crippen LogP contribution in [0.4, 0.5) is 5.82 Å². The molecule has 0 saturated carbocycles. The summed E-state index contributed by atoms with van der Waals surface area (Å²) in [6.07, 6.45) is 2.38. The largest absolute Gasteiger partial charge is 0.417 e. The zero-order valence-corrected chi connectivity index (χ0v) is 22.1. The monoisotopic (exact) mass is 517 g/mol. The number of pyridine rings is 1. The second-order valence-electron chi connectivity index (χ2n) is 9.63. The lowest BCUT2D eigenvalue weighted by molar-refractivity contribution is 0.0735. The number of nitrogens with zero attached hydrogens (tertiary/aromatic N) is 5. The number of benzene rings is 1. The highest BCUT2D eigenvalue weighted by Crippen LogP contribution is 2.35. The predicted octanol–water partition coefficient (Wildman–Crippen LogP) is 4.72. The van der Waals surface area contributed by atoms with E-state index in [2.05, 4.69) is 25.5 Å². The molecule has 10 heteroatoms. The fourth-order valence-electron chi connectivity index (χ4n) is 4.65. The number of nitrogens with one attached hydrogen (secondary N) is 1. The van der Waals surface area contributed by atoms with Crippen molar-refractivity contribution in [2.75, 3.05) is 18.4 Å². The highest BCUT2D eigenvalue weighted by atomic mass is 32.1. The molecule has 0 bridgehead atoms. The Hall–Kier alpha value is -3.63. The highest BCUT2D eigenvalue weighted by molar-refractivity contribution is 7.09. The Balaban J connectivity index is 1.44. The molecule has 37 heavy (non-hydrogen) atoms. The number of likely N-dealkylation sites (tertiary alicyclic amines) is 1. The first-order valence-electron chi connectivity index (χ1n) is 12.5. The van der Waals surface area contributed by atoms with Gasteiger partial charge in [-0.05, 0) is 57.7 Å². The number of aryl methyl sites for hydroxylation is 1. The topological polar surface area (TPSA) is 123 Å². The number of anilines is 1. The molecule has 4 heterocycles. The van der Waals surface area contributed by atoms with Crippen LogP contribution in [0.25, 0.3) is 11.6 Å². The number of amides is 1. The summed E-state index contributed by atoms with van der Waals surface area (Å²) in [5.74, 6) is 1.05. The second kappa shape index (κ2) is 10.4. The summed E-state index contributed by atoms with van der Waals surface area (Å²) in [5.41, 5.74) is 8.71. The van der Waals surface area contributed by atoms with Crippen LogP contribution in [0.5, 0.6) is 0 Å². The molecule has 1 aromatic carbocycles. The van der Waals surface area contributed by atoms with Crippen LogP contribution in [-0.2, 0) is 12.0 Å². The number of thiazole rings is 1. The van der Waals surface area contributed by atoms with Gasteiger partial charge in [-0.25, -0.2) is 9.97 Å². The van der Waals surface area contributed by atoms with Crippen molar-refractivity contribution in [2.45, 2.75) is 51.6 Å². The first kappa shape index (κ1) is 25.0. The maximum absolute atomic E-state index is 13.7. The molecule has 3 N–H and O–H groups in total. The zero-order chi connectivity index (χ0) is 26.0. The van der Waals surface area contributed by atoms with E-state index in [1.165, 1.54) is 0 Å². The predicted molar refractivity (Wildman–Crippen MR) is 143 cm³/mol. The summed E-state index contributed by atoms with van der Waals surface area (Å²) < 4.78 is 6.02. The van der Waals surface area contributed by atoms with Gasteiger partial charge in [-0.2, -0.15) is 0 Å². The molecule has 3 aromatic heterocycles. The molecular weight excluding hydrogens is 486 g/mol. The number of aromatic nitrogens is 4. The minimum atomic E-state index is -0.862. The van der Waals surface area contributed by atoms with E-state index in [1.54, 1.807) is 23.5 Å². The average Bonchev–Trinajstić information content (AvgIpc) is 3.65. The fraction of sp³-hybridized carbons (Fsp3) is 0.370. The molecular formula is C27H31N7O2S. The van der Waals surface area contributed by atoms with Gasteiger partial charge in [0, 0.05) is 29.7 Å². The molecule has 0 radical (unpaired) electrons. The van der Waals surface area contributed by atoms with Gasteiger partial charge in [-0.3, -0.25) is 4.79 Å². The van der Waals surface area contributed by atoms with Crippen LogP contribution in [0.1, 0.15) is 65.2 Å². The van der Waals surface area contributed by atoms with Crippen molar-refractivity contribution >= 4 is 23.1 Å². The molecule has 1 aliphatic rings. The Bertz CT molecular complexity index is 1380. The molecule has 1 aliphatic heterocycles. The van der Waals surface area contributed by atoms with Gasteiger partial charge in [0.2, 0.25) is 5.89 Å². The first-order valence-corrected chi connectivity index (χ1v) is 13.4. The van der Waals surface area contributed by atoms with Crippen molar-refractivity contribution in [2.24, 2.45) is 5.73 Å². The van der Waals surface area contributed by atoms with Gasteiger partial charge in [0.15, 0.2) is 0 Å². The quantitative estimate of drug-likeness (QED) is 0.344. The Kier molecular flexibility index (Phi) is 7.03. The van der Waals surface area contributed by atoms with Crippen LogP contribution in [0, 0.1) is 6.92 Å². The lowest BCUT2D eigenvalue weighted by Crippen LogP contribution is -2.35. The summed E-state index contributed by atoms with van der Waals surface area (Å²) in [7, 11) is 0. The minimum Gasteiger partial charge on any atom is -0.417 e. The van der Waals surface area contributed by atoms with E-state index < -0.39 is 5.54 Å². The Morgan fingerprint density at radius 1 is 1.24 bits per heavy atom. The van der Waals surface area contributed by atoms with Gasteiger partial charge < -0.3 is 20.4 Å². The van der Waals surface area contributed by atoms with E-state index >= 15 is 0 Å². The minimum absolute atomic E-state index is 0.0173. The smallest absolute Gasteiger partial charge is 0.266 e. The molecule has 0 unspecified atom stereocenters. The average molecular weight is 518 g/mol. The van der Waals surface area contributed by atoms with Gasteiger partial charge in [0.05, 0.1) is 11.6 Å². The normalized spacial score (nSPS) is 17.1. The van der Waals surface area contributed by atoms with Gasteiger partial charge in [-0.1, -0.05) is 30.3 Å². The van der Waals surface area contributed by atoms with Crippen LogP contribution in [0.3, 0.4) is 0 Å². The second-order valence-corrected chi connectivity index (χ2v) is 10.5. The van der Waals surface area contributed by atoms with Crippen LogP contribution in [0.15, 0.2) is 52.3 Å². The third kappa shape index (κ3) is 5.40. The van der Waals surface area contributed by atoms with Gasteiger partial charge >= 0.3 is 0 Å². The van der Waals surface area contributed by atoms with Crippen LogP contribution >= 0.6 is 11.3 Å². The summed E-state index contributed by atoms with van der Waals surface area (Å²) in [5, 5.41) is 14.7. The molecule has 1 fully saturated rings. The number of rotatable bonds is 8. The zero-order valence-electron chi connectivity index (χ0n) is 21.3. The molecule has 1 saturated heterocycles. The van der Waals surface area contributed by atoms with Gasteiger partial charge in [0.25, 0.3) is 11.8 Å². The molecule has 0 spiro atoms. The maximum atomic E-state index is 13.7. The summed E-state index contributed by atoms with van der Waals surface area (Å²) in [6, 6.07) is 13.4. The highest BCUT2D eigenvalue weighted by Gasteiger charge is 2.33. The molecule has 192 valence electrons. The van der Waals surface area contributed by atoms with Crippen LogP contribution < -0.4 is 11.1 Å². The van der Waals surface area contributed by atoms with Crippen molar-refractivity contribution in [3.63, 3.8) is 0 Å². The lowest BCUT2D eigenvalue weighted by atomic mass is 9.94. The molecule has 2 atom stereocenters. The van der Waals surface area contributed by atoms with E-state index in [0.29, 0.717) is 42.5 Å². The first-order chi connectivity index (χ1) is 17.8. The number of hydrogen-bond donors (Lipinski definition) is 2. The maximum Gasteiger partial charge on any atom is 0.266 e. The van der Waals surface area contributed by atoms with Crippen LogP contribution in [0.2, 0.25) is 0 Å². The lowest BCUT2D eigenvalue weighted by Gasteiger charge is -2.23. The van der Waals surface area contributed by atoms with Gasteiger partial charge in [0.1, 0.15) is 16.5 Å². The number of hydrogen-bond acceptors (Lipinski definition) is 9. The summed E-state index contributed by atoms with van der Waals surface area (Å²) in [4.78, 5) is 24.9. The van der Waals surface area contributed by atoms with E-state index in [1.807, 2.05) is 61.4 Å². The van der Waals surface area contributed by atoms with Crippen molar-refractivity contribution < 1.29 is 9.21 Å². The van der Waals surface area contributed by atoms with Crippen molar-refractivity contribution in [1.29, 1.82) is 0 Å². The van der Waals surface area contributed by atoms with Gasteiger partial charge in [-0.15, -0.1) is 21.5 Å². The van der Waals surface area contributed by atoms with Crippen molar-refractivity contribution in [3.8, 4) is 11.6 Å².